The topological polar surface area (TPSA) is 75.8 Å². The maximum atomic E-state index is 13.7. The average molecular weight is 276 g/mol. The van der Waals surface area contributed by atoms with Gasteiger partial charge in [-0.15, -0.1) is 0 Å². The van der Waals surface area contributed by atoms with Crippen molar-refractivity contribution in [1.29, 1.82) is 0 Å². The monoisotopic (exact) mass is 276 g/mol. The van der Waals surface area contributed by atoms with Gasteiger partial charge in [-0.05, 0) is 0 Å². The highest BCUT2D eigenvalue weighted by atomic mass is 19.1. The number of hydrogen-bond donors (Lipinski definition) is 1. The van der Waals surface area contributed by atoms with Gasteiger partial charge in [0.25, 0.3) is 5.69 Å². The number of likely N-dealkylation sites (N-methyl/N-ethyl adjacent to an activating group) is 1. The Kier molecular flexibility index (Phi) is 5.13. The van der Waals surface area contributed by atoms with E-state index in [0.29, 0.717) is 12.1 Å². The summed E-state index contributed by atoms with van der Waals surface area (Å²) in [5.74, 6) is -2.11. The lowest BCUT2D eigenvalue weighted by Gasteiger charge is -2.23. The van der Waals surface area contributed by atoms with E-state index in [1.807, 2.05) is 0 Å². The Labute approximate surface area is 108 Å². The van der Waals surface area contributed by atoms with Crippen molar-refractivity contribution < 1.29 is 23.5 Å². The molecule has 0 heterocycles. The van der Waals surface area contributed by atoms with Gasteiger partial charge in [0.1, 0.15) is 5.69 Å². The van der Waals surface area contributed by atoms with Gasteiger partial charge < -0.3 is 14.7 Å². The van der Waals surface area contributed by atoms with Crippen molar-refractivity contribution in [3.8, 4) is 0 Å². The van der Waals surface area contributed by atoms with Gasteiger partial charge in [0.15, 0.2) is 11.6 Å². The molecule has 1 unspecified atom stereocenters. The predicted molar refractivity (Wildman–Crippen MR) is 64.2 cm³/mol. The number of anilines is 1. The molecule has 0 spiro atoms. The summed E-state index contributed by atoms with van der Waals surface area (Å²) in [6.07, 6.45) is -0.927. The number of halogens is 2. The fraction of sp³-hybridized carbons (Fsp3) is 0.455. The second-order valence-corrected chi connectivity index (χ2v) is 4.00. The van der Waals surface area contributed by atoms with Crippen LogP contribution in [-0.2, 0) is 4.74 Å². The zero-order valence-corrected chi connectivity index (χ0v) is 10.5. The van der Waals surface area contributed by atoms with Crippen molar-refractivity contribution in [3.63, 3.8) is 0 Å². The van der Waals surface area contributed by atoms with Gasteiger partial charge >= 0.3 is 0 Å². The van der Waals surface area contributed by atoms with Crippen LogP contribution in [0.1, 0.15) is 0 Å². The van der Waals surface area contributed by atoms with Crippen LogP contribution in [0.2, 0.25) is 0 Å². The van der Waals surface area contributed by atoms with E-state index in [1.165, 1.54) is 14.2 Å². The standard InChI is InChI=1S/C11H14F2N2O4/c1-14(5-8(16)6-19-2)11-9(12)3-7(15(17)18)4-10(11)13/h3-4,8,16H,5-6H2,1-2H3. The Hall–Kier alpha value is -1.80. The number of benzene rings is 1. The molecule has 0 bridgehead atoms. The first kappa shape index (κ1) is 15.3. The Balaban J connectivity index is 2.97. The normalized spacial score (nSPS) is 12.3. The molecule has 6 nitrogen and oxygen atoms in total. The van der Waals surface area contributed by atoms with Crippen LogP contribution in [0.25, 0.3) is 0 Å². The number of hydrogen-bond acceptors (Lipinski definition) is 5. The van der Waals surface area contributed by atoms with E-state index in [4.69, 9.17) is 4.74 Å². The second-order valence-electron chi connectivity index (χ2n) is 4.00. The molecule has 19 heavy (non-hydrogen) atoms. The van der Waals surface area contributed by atoms with Crippen LogP contribution in [0, 0.1) is 21.7 Å². The van der Waals surface area contributed by atoms with E-state index >= 15 is 0 Å². The van der Waals surface area contributed by atoms with Gasteiger partial charge in [0.05, 0.1) is 29.8 Å². The van der Waals surface area contributed by atoms with E-state index in [1.54, 1.807) is 0 Å². The van der Waals surface area contributed by atoms with Crippen LogP contribution in [0.3, 0.4) is 0 Å². The smallest absolute Gasteiger partial charge is 0.275 e. The number of methoxy groups -OCH3 is 1. The van der Waals surface area contributed by atoms with Gasteiger partial charge in [0, 0.05) is 20.7 Å². The first-order valence-electron chi connectivity index (χ1n) is 5.38. The molecule has 0 aromatic heterocycles. The lowest BCUT2D eigenvalue weighted by Crippen LogP contribution is -2.33. The molecular weight excluding hydrogens is 262 g/mol. The maximum Gasteiger partial charge on any atom is 0.275 e. The van der Waals surface area contributed by atoms with Crippen molar-refractivity contribution in [1.82, 2.24) is 0 Å². The van der Waals surface area contributed by atoms with Crippen LogP contribution in [0.4, 0.5) is 20.2 Å². The molecule has 1 rings (SSSR count). The minimum absolute atomic E-state index is 0.0144. The van der Waals surface area contributed by atoms with Gasteiger partial charge in [-0.2, -0.15) is 0 Å². The van der Waals surface area contributed by atoms with Crippen molar-refractivity contribution >= 4 is 11.4 Å². The molecule has 1 aromatic carbocycles. The van der Waals surface area contributed by atoms with Gasteiger partial charge in [-0.3, -0.25) is 10.1 Å². The maximum absolute atomic E-state index is 13.7. The Bertz CT molecular complexity index is 447. The van der Waals surface area contributed by atoms with Crippen LogP contribution in [0.5, 0.6) is 0 Å². The van der Waals surface area contributed by atoms with E-state index in [-0.39, 0.29) is 13.2 Å². The largest absolute Gasteiger partial charge is 0.389 e. The minimum atomic E-state index is -1.06. The number of nitro groups is 1. The Morgan fingerprint density at radius 2 is 2.00 bits per heavy atom. The summed E-state index contributed by atoms with van der Waals surface area (Å²) in [6, 6.07) is 1.27. The Morgan fingerprint density at radius 3 is 2.42 bits per heavy atom. The third-order valence-corrected chi connectivity index (χ3v) is 2.44. The van der Waals surface area contributed by atoms with Gasteiger partial charge in [-0.1, -0.05) is 0 Å². The first-order valence-corrected chi connectivity index (χ1v) is 5.38. The molecule has 0 fully saturated rings. The molecule has 1 N–H and O–H groups in total. The molecule has 0 amide bonds. The van der Waals surface area contributed by atoms with Gasteiger partial charge in [-0.25, -0.2) is 8.78 Å². The van der Waals surface area contributed by atoms with Crippen molar-refractivity contribution in [3.05, 3.63) is 33.9 Å². The second kappa shape index (κ2) is 6.39. The number of non-ortho nitro benzene ring substituents is 1. The number of aliphatic hydroxyl groups excluding tert-OH is 1. The number of nitro benzene ring substituents is 1. The zero-order chi connectivity index (χ0) is 14.6. The fourth-order valence-electron chi connectivity index (χ4n) is 1.67. The van der Waals surface area contributed by atoms with Crippen molar-refractivity contribution in [2.75, 3.05) is 32.2 Å². The highest BCUT2D eigenvalue weighted by molar-refractivity contribution is 5.53. The molecule has 0 saturated carbocycles. The summed E-state index contributed by atoms with van der Waals surface area (Å²) in [5.41, 5.74) is -1.09. The van der Waals surface area contributed by atoms with E-state index < -0.39 is 34.0 Å². The van der Waals surface area contributed by atoms with Crippen molar-refractivity contribution in [2.24, 2.45) is 0 Å². The van der Waals surface area contributed by atoms with Crippen LogP contribution in [0.15, 0.2) is 12.1 Å². The third-order valence-electron chi connectivity index (χ3n) is 2.44. The molecule has 1 atom stereocenters. The molecular formula is C11H14F2N2O4. The van der Waals surface area contributed by atoms with E-state index in [0.717, 1.165) is 4.90 Å². The minimum Gasteiger partial charge on any atom is -0.389 e. The molecule has 0 aliphatic carbocycles. The van der Waals surface area contributed by atoms with Crippen LogP contribution < -0.4 is 4.90 Å². The first-order chi connectivity index (χ1) is 8.86. The SMILES string of the molecule is COCC(O)CN(C)c1c(F)cc([N+](=O)[O-])cc1F. The molecule has 0 saturated heterocycles. The average Bonchev–Trinajstić information content (AvgIpc) is 2.27. The van der Waals surface area contributed by atoms with Crippen LogP contribution >= 0.6 is 0 Å². The van der Waals surface area contributed by atoms with Crippen LogP contribution in [-0.4, -0.2) is 43.4 Å². The summed E-state index contributed by atoms with van der Waals surface area (Å²) in [7, 11) is 2.75. The number of aliphatic hydroxyl groups is 1. The highest BCUT2D eigenvalue weighted by Crippen LogP contribution is 2.27. The molecule has 0 aliphatic heterocycles. The number of rotatable bonds is 6. The summed E-state index contributed by atoms with van der Waals surface area (Å²) in [6.45, 7) is -0.0555. The zero-order valence-electron chi connectivity index (χ0n) is 10.5. The summed E-state index contributed by atoms with van der Waals surface area (Å²) < 4.78 is 32.0. The molecule has 8 heteroatoms. The Morgan fingerprint density at radius 1 is 1.47 bits per heavy atom. The third kappa shape index (κ3) is 3.83. The molecule has 106 valence electrons. The van der Waals surface area contributed by atoms with E-state index in [2.05, 4.69) is 0 Å². The van der Waals surface area contributed by atoms with E-state index in [9.17, 15) is 24.0 Å². The lowest BCUT2D eigenvalue weighted by atomic mass is 10.2. The van der Waals surface area contributed by atoms with Crippen molar-refractivity contribution in [2.45, 2.75) is 6.10 Å². The fourth-order valence-corrected chi connectivity index (χ4v) is 1.67. The number of nitrogens with zero attached hydrogens (tertiary/aromatic N) is 2. The molecule has 0 radical (unpaired) electrons. The quantitative estimate of drug-likeness (QED) is 0.626. The lowest BCUT2D eigenvalue weighted by molar-refractivity contribution is -0.385. The summed E-state index contributed by atoms with van der Waals surface area (Å²) in [5, 5.41) is 19.9. The number of ether oxygens (including phenoxy) is 1. The summed E-state index contributed by atoms with van der Waals surface area (Å²) in [4.78, 5) is 10.7. The highest BCUT2D eigenvalue weighted by Gasteiger charge is 2.21. The molecule has 1 aromatic rings. The predicted octanol–water partition coefficient (Wildman–Crippen LogP) is 1.32. The summed E-state index contributed by atoms with van der Waals surface area (Å²) >= 11 is 0. The molecule has 0 aliphatic rings. The van der Waals surface area contributed by atoms with Gasteiger partial charge in [0.2, 0.25) is 0 Å².